The molecule has 0 saturated carbocycles. The minimum Gasteiger partial charge on any atom is -0.356 e. The van der Waals surface area contributed by atoms with Crippen LogP contribution < -0.4 is 16.0 Å². The Hall–Kier alpha value is -2.08. The predicted molar refractivity (Wildman–Crippen MR) is 105 cm³/mol. The second-order valence-corrected chi connectivity index (χ2v) is 5.84. The van der Waals surface area contributed by atoms with Gasteiger partial charge in [-0.3, -0.25) is 9.79 Å². The first kappa shape index (κ1) is 21.0. The first-order chi connectivity index (χ1) is 12.1. The van der Waals surface area contributed by atoms with E-state index in [0.29, 0.717) is 5.56 Å². The molecular formula is C19H33N5O. The van der Waals surface area contributed by atoms with Crippen LogP contribution in [0.15, 0.2) is 29.3 Å². The lowest BCUT2D eigenvalue weighted by Gasteiger charge is -2.18. The van der Waals surface area contributed by atoms with Gasteiger partial charge in [-0.15, -0.1) is 0 Å². The fourth-order valence-corrected chi connectivity index (χ4v) is 2.61. The summed E-state index contributed by atoms with van der Waals surface area (Å²) in [6, 6.07) is 7.71. The van der Waals surface area contributed by atoms with Gasteiger partial charge in [-0.1, -0.05) is 26.0 Å². The summed E-state index contributed by atoms with van der Waals surface area (Å²) in [5.41, 5.74) is 1.82. The van der Waals surface area contributed by atoms with Crippen molar-refractivity contribution in [3.8, 4) is 0 Å². The maximum atomic E-state index is 11.7. The summed E-state index contributed by atoms with van der Waals surface area (Å²) in [6.45, 7) is 9.35. The van der Waals surface area contributed by atoms with Crippen molar-refractivity contribution in [2.24, 2.45) is 4.99 Å². The summed E-state index contributed by atoms with van der Waals surface area (Å²) in [5.74, 6) is 0.766. The standard InChI is InChI=1S/C19H33N5O/c1-5-24(6-2)14-8-12-22-19(21-4)23-13-11-16-9-7-10-17(15-16)18(25)20-3/h7,9-10,15H,5-6,8,11-14H2,1-4H3,(H,20,25)(H2,21,22,23). The molecule has 140 valence electrons. The molecule has 0 bridgehead atoms. The molecule has 1 amide bonds. The lowest BCUT2D eigenvalue weighted by molar-refractivity contribution is 0.0963. The number of nitrogens with one attached hydrogen (secondary N) is 3. The van der Waals surface area contributed by atoms with E-state index in [-0.39, 0.29) is 5.91 Å². The molecule has 0 spiro atoms. The molecule has 0 heterocycles. The Morgan fingerprint density at radius 1 is 1.16 bits per heavy atom. The molecule has 1 rings (SSSR count). The van der Waals surface area contributed by atoms with Crippen LogP contribution in [0.25, 0.3) is 0 Å². The minimum atomic E-state index is -0.0551. The highest BCUT2D eigenvalue weighted by Gasteiger charge is 2.04. The second kappa shape index (κ2) is 12.3. The zero-order valence-electron chi connectivity index (χ0n) is 16.1. The third-order valence-corrected chi connectivity index (χ3v) is 4.18. The van der Waals surface area contributed by atoms with Crippen LogP contribution in [0, 0.1) is 0 Å². The Labute approximate surface area is 152 Å². The summed E-state index contributed by atoms with van der Waals surface area (Å²) in [6.07, 6.45) is 1.93. The molecule has 0 saturated heterocycles. The quantitative estimate of drug-likeness (QED) is 0.341. The molecule has 0 unspecified atom stereocenters. The molecule has 0 atom stereocenters. The van der Waals surface area contributed by atoms with Gasteiger partial charge in [0.25, 0.3) is 5.91 Å². The van der Waals surface area contributed by atoms with E-state index in [1.165, 1.54) is 0 Å². The molecule has 25 heavy (non-hydrogen) atoms. The highest BCUT2D eigenvalue weighted by molar-refractivity contribution is 5.94. The lowest BCUT2D eigenvalue weighted by Crippen LogP contribution is -2.39. The number of carbonyl (C=O) groups excluding carboxylic acids is 1. The van der Waals surface area contributed by atoms with E-state index in [1.807, 2.05) is 24.3 Å². The number of amides is 1. The Morgan fingerprint density at radius 3 is 2.52 bits per heavy atom. The average Bonchev–Trinajstić information content (AvgIpc) is 2.66. The Kier molecular flexibility index (Phi) is 10.3. The molecule has 0 radical (unpaired) electrons. The van der Waals surface area contributed by atoms with Gasteiger partial charge in [-0.25, -0.2) is 0 Å². The highest BCUT2D eigenvalue weighted by Crippen LogP contribution is 2.05. The van der Waals surface area contributed by atoms with Crippen LogP contribution in [0.2, 0.25) is 0 Å². The van der Waals surface area contributed by atoms with Gasteiger partial charge in [0.1, 0.15) is 0 Å². The smallest absolute Gasteiger partial charge is 0.251 e. The number of hydrogen-bond acceptors (Lipinski definition) is 3. The SMILES string of the molecule is CCN(CC)CCCNC(=NC)NCCc1cccc(C(=O)NC)c1. The first-order valence-corrected chi connectivity index (χ1v) is 9.12. The monoisotopic (exact) mass is 347 g/mol. The van der Waals surface area contributed by atoms with Gasteiger partial charge in [-0.05, 0) is 50.2 Å². The van der Waals surface area contributed by atoms with Crippen molar-refractivity contribution in [1.29, 1.82) is 0 Å². The summed E-state index contributed by atoms with van der Waals surface area (Å²) < 4.78 is 0. The maximum Gasteiger partial charge on any atom is 0.251 e. The van der Waals surface area contributed by atoms with Crippen molar-refractivity contribution in [2.75, 3.05) is 46.8 Å². The minimum absolute atomic E-state index is 0.0551. The summed E-state index contributed by atoms with van der Waals surface area (Å²) >= 11 is 0. The number of guanidine groups is 1. The van der Waals surface area contributed by atoms with Crippen molar-refractivity contribution in [1.82, 2.24) is 20.9 Å². The van der Waals surface area contributed by atoms with Crippen LogP contribution in [0.4, 0.5) is 0 Å². The van der Waals surface area contributed by atoms with Gasteiger partial charge < -0.3 is 20.9 Å². The fraction of sp³-hybridized carbons (Fsp3) is 0.579. The molecular weight excluding hydrogens is 314 g/mol. The van der Waals surface area contributed by atoms with Gasteiger partial charge in [0.2, 0.25) is 0 Å². The number of benzene rings is 1. The number of aliphatic imine (C=N–C) groups is 1. The van der Waals surface area contributed by atoms with Crippen LogP contribution >= 0.6 is 0 Å². The topological polar surface area (TPSA) is 68.8 Å². The molecule has 0 aliphatic carbocycles. The van der Waals surface area contributed by atoms with Crippen LogP contribution in [0.5, 0.6) is 0 Å². The van der Waals surface area contributed by atoms with E-state index in [1.54, 1.807) is 14.1 Å². The van der Waals surface area contributed by atoms with Crippen molar-refractivity contribution in [3.05, 3.63) is 35.4 Å². The number of carbonyl (C=O) groups is 1. The van der Waals surface area contributed by atoms with Crippen molar-refractivity contribution in [2.45, 2.75) is 26.7 Å². The van der Waals surface area contributed by atoms with Gasteiger partial charge >= 0.3 is 0 Å². The molecule has 3 N–H and O–H groups in total. The normalized spacial score (nSPS) is 11.5. The zero-order valence-corrected chi connectivity index (χ0v) is 16.1. The number of hydrogen-bond donors (Lipinski definition) is 3. The Morgan fingerprint density at radius 2 is 1.88 bits per heavy atom. The molecule has 0 fully saturated rings. The molecule has 6 nitrogen and oxygen atoms in total. The first-order valence-electron chi connectivity index (χ1n) is 9.12. The highest BCUT2D eigenvalue weighted by atomic mass is 16.1. The van der Waals surface area contributed by atoms with Gasteiger partial charge in [0, 0.05) is 32.7 Å². The Balaban J connectivity index is 2.32. The largest absolute Gasteiger partial charge is 0.356 e. The summed E-state index contributed by atoms with van der Waals surface area (Å²) in [5, 5.41) is 9.32. The summed E-state index contributed by atoms with van der Waals surface area (Å²) in [4.78, 5) is 18.3. The van der Waals surface area contributed by atoms with Gasteiger partial charge in [-0.2, -0.15) is 0 Å². The lowest BCUT2D eigenvalue weighted by atomic mass is 10.1. The molecule has 6 heteroatoms. The number of rotatable bonds is 10. The van der Waals surface area contributed by atoms with Gasteiger partial charge in [0.05, 0.1) is 0 Å². The van der Waals surface area contributed by atoms with Crippen molar-refractivity contribution < 1.29 is 4.79 Å². The van der Waals surface area contributed by atoms with Crippen LogP contribution in [0.1, 0.15) is 36.2 Å². The number of nitrogens with zero attached hydrogens (tertiary/aromatic N) is 2. The molecule has 0 aliphatic rings. The van der Waals surface area contributed by atoms with Crippen LogP contribution in [0.3, 0.4) is 0 Å². The van der Waals surface area contributed by atoms with E-state index in [9.17, 15) is 4.79 Å². The van der Waals surface area contributed by atoms with E-state index in [2.05, 4.69) is 39.7 Å². The third-order valence-electron chi connectivity index (χ3n) is 4.18. The zero-order chi connectivity index (χ0) is 18.5. The van der Waals surface area contributed by atoms with E-state index >= 15 is 0 Å². The molecule has 1 aromatic rings. The molecule has 0 aliphatic heterocycles. The van der Waals surface area contributed by atoms with Crippen molar-refractivity contribution >= 4 is 11.9 Å². The predicted octanol–water partition coefficient (Wildman–Crippen LogP) is 1.49. The van der Waals surface area contributed by atoms with E-state index in [0.717, 1.165) is 57.1 Å². The van der Waals surface area contributed by atoms with Gasteiger partial charge in [0.15, 0.2) is 5.96 Å². The summed E-state index contributed by atoms with van der Waals surface area (Å²) in [7, 11) is 3.43. The van der Waals surface area contributed by atoms with Crippen LogP contribution in [-0.2, 0) is 6.42 Å². The molecule has 0 aromatic heterocycles. The van der Waals surface area contributed by atoms with E-state index < -0.39 is 0 Å². The second-order valence-electron chi connectivity index (χ2n) is 5.84. The van der Waals surface area contributed by atoms with E-state index in [4.69, 9.17) is 0 Å². The van der Waals surface area contributed by atoms with Crippen LogP contribution in [-0.4, -0.2) is 63.6 Å². The fourth-order valence-electron chi connectivity index (χ4n) is 2.61. The average molecular weight is 348 g/mol. The maximum absolute atomic E-state index is 11.7. The third kappa shape index (κ3) is 8.03. The Bertz CT molecular complexity index is 540. The van der Waals surface area contributed by atoms with Crippen molar-refractivity contribution in [3.63, 3.8) is 0 Å². The molecule has 1 aromatic carbocycles.